The number of carbonyl (C=O) groups excluding carboxylic acids is 1. The van der Waals surface area contributed by atoms with Crippen molar-refractivity contribution in [3.05, 3.63) is 32.7 Å². The Bertz CT molecular complexity index is 807. The van der Waals surface area contributed by atoms with E-state index in [9.17, 15) is 24.8 Å². The van der Waals surface area contributed by atoms with Gasteiger partial charge in [-0.25, -0.2) is 0 Å². The van der Waals surface area contributed by atoms with Gasteiger partial charge in [0, 0.05) is 12.6 Å². The van der Waals surface area contributed by atoms with Crippen molar-refractivity contribution in [1.82, 2.24) is 4.90 Å². The topological polar surface area (TPSA) is 130 Å². The first-order chi connectivity index (χ1) is 11.7. The van der Waals surface area contributed by atoms with Crippen LogP contribution in [0.2, 0.25) is 0 Å². The minimum Gasteiger partial charge on any atom is -0.500 e. The molecule has 1 aliphatic rings. The molecule has 1 amide bonds. The summed E-state index contributed by atoms with van der Waals surface area (Å²) in [5, 5.41) is 29.5. The predicted octanol–water partition coefficient (Wildman–Crippen LogP) is 1.98. The van der Waals surface area contributed by atoms with Gasteiger partial charge in [0.25, 0.3) is 5.91 Å². The number of amides is 1. The summed E-state index contributed by atoms with van der Waals surface area (Å²) < 4.78 is 5.10. The number of benzene rings is 1. The minimum atomic E-state index is -1.06. The van der Waals surface area contributed by atoms with Gasteiger partial charge in [-0.1, -0.05) is 24.0 Å². The van der Waals surface area contributed by atoms with Gasteiger partial charge in [-0.3, -0.25) is 24.6 Å². The molecule has 1 fully saturated rings. The van der Waals surface area contributed by atoms with Crippen molar-refractivity contribution >= 4 is 51.9 Å². The van der Waals surface area contributed by atoms with E-state index >= 15 is 0 Å². The van der Waals surface area contributed by atoms with Crippen LogP contribution in [0.4, 0.5) is 5.69 Å². The molecule has 1 aliphatic heterocycles. The van der Waals surface area contributed by atoms with Crippen LogP contribution >= 0.6 is 24.0 Å². The number of phenolic OH excluding ortho intramolecular Hbond substituents is 1. The van der Waals surface area contributed by atoms with Crippen molar-refractivity contribution in [3.63, 3.8) is 0 Å². The summed E-state index contributed by atoms with van der Waals surface area (Å²) >= 11 is 6.02. The van der Waals surface area contributed by atoms with Gasteiger partial charge in [-0.05, 0) is 17.7 Å². The van der Waals surface area contributed by atoms with Crippen LogP contribution in [0.3, 0.4) is 0 Å². The zero-order valence-electron chi connectivity index (χ0n) is 12.8. The number of phenols is 1. The van der Waals surface area contributed by atoms with Crippen LogP contribution in [-0.4, -0.2) is 49.9 Å². The van der Waals surface area contributed by atoms with E-state index in [0.717, 1.165) is 22.7 Å². The van der Waals surface area contributed by atoms with E-state index in [4.69, 9.17) is 22.1 Å². The second kappa shape index (κ2) is 7.49. The zero-order chi connectivity index (χ0) is 18.7. The van der Waals surface area contributed by atoms with E-state index in [1.54, 1.807) is 0 Å². The van der Waals surface area contributed by atoms with E-state index in [2.05, 4.69) is 0 Å². The van der Waals surface area contributed by atoms with Gasteiger partial charge >= 0.3 is 11.7 Å². The number of carboxylic acids is 1. The van der Waals surface area contributed by atoms with Crippen LogP contribution < -0.4 is 4.74 Å². The molecule has 25 heavy (non-hydrogen) atoms. The number of nitrogens with zero attached hydrogens (tertiary/aromatic N) is 2. The SMILES string of the molecule is COc1cc(/C=C2\SC(=S)N(CCC(=O)O)C2=O)cc([N+](=O)[O-])c1O. The Morgan fingerprint density at radius 1 is 1.52 bits per heavy atom. The van der Waals surface area contributed by atoms with Crippen LogP contribution in [0.25, 0.3) is 6.08 Å². The quantitative estimate of drug-likeness (QED) is 0.327. The summed E-state index contributed by atoms with van der Waals surface area (Å²) in [6.07, 6.45) is 1.12. The summed E-state index contributed by atoms with van der Waals surface area (Å²) in [5.41, 5.74) is -0.299. The normalized spacial score (nSPS) is 15.7. The fraction of sp³-hybridized carbons (Fsp3) is 0.214. The lowest BCUT2D eigenvalue weighted by atomic mass is 10.1. The number of thioether (sulfide) groups is 1. The number of hydrogen-bond acceptors (Lipinski definition) is 8. The molecule has 1 aromatic rings. The largest absolute Gasteiger partial charge is 0.500 e. The average Bonchev–Trinajstić information content (AvgIpc) is 2.80. The van der Waals surface area contributed by atoms with E-state index < -0.39 is 28.2 Å². The van der Waals surface area contributed by atoms with Crippen LogP contribution in [0, 0.1) is 10.1 Å². The van der Waals surface area contributed by atoms with Crippen LogP contribution in [-0.2, 0) is 9.59 Å². The maximum absolute atomic E-state index is 12.3. The number of aromatic hydroxyl groups is 1. The number of methoxy groups -OCH3 is 1. The number of nitro benzene ring substituents is 1. The second-order valence-electron chi connectivity index (χ2n) is 4.83. The Balaban J connectivity index is 2.36. The molecule has 0 spiro atoms. The fourth-order valence-corrected chi connectivity index (χ4v) is 3.35. The first-order valence-electron chi connectivity index (χ1n) is 6.77. The first-order valence-corrected chi connectivity index (χ1v) is 7.99. The molecule has 0 unspecified atom stereocenters. The van der Waals surface area contributed by atoms with Gasteiger partial charge in [-0.15, -0.1) is 0 Å². The molecular formula is C14H12N2O7S2. The van der Waals surface area contributed by atoms with Crippen molar-refractivity contribution in [1.29, 1.82) is 0 Å². The number of carbonyl (C=O) groups is 2. The first kappa shape index (κ1) is 18.7. The molecule has 0 aromatic heterocycles. The third-order valence-electron chi connectivity index (χ3n) is 3.21. The summed E-state index contributed by atoms with van der Waals surface area (Å²) in [6.45, 7) is -0.0591. The zero-order valence-corrected chi connectivity index (χ0v) is 14.4. The molecule has 132 valence electrons. The molecule has 2 N–H and O–H groups in total. The van der Waals surface area contributed by atoms with Gasteiger partial charge < -0.3 is 14.9 Å². The van der Waals surface area contributed by atoms with Crippen LogP contribution in [0.5, 0.6) is 11.5 Å². The lowest BCUT2D eigenvalue weighted by Gasteiger charge is -2.12. The highest BCUT2D eigenvalue weighted by molar-refractivity contribution is 8.26. The Hall–Kier alpha value is -2.66. The standard InChI is InChI=1S/C14H12N2O7S2/c1-23-9-5-7(4-8(12(9)19)16(21)22)6-10-13(20)15(14(24)25-10)3-2-11(17)18/h4-6,19H,2-3H2,1H3,(H,17,18)/b10-6-. The minimum absolute atomic E-state index is 0.0591. The molecule has 9 nitrogen and oxygen atoms in total. The van der Waals surface area contributed by atoms with Gasteiger partial charge in [0.15, 0.2) is 5.75 Å². The molecule has 1 saturated heterocycles. The van der Waals surface area contributed by atoms with Crippen molar-refractivity contribution < 1.29 is 29.5 Å². The fourth-order valence-electron chi connectivity index (χ4n) is 2.04. The number of aliphatic carboxylic acids is 1. The van der Waals surface area contributed by atoms with E-state index in [1.165, 1.54) is 19.3 Å². The number of ether oxygens (including phenoxy) is 1. The number of nitro groups is 1. The van der Waals surface area contributed by atoms with E-state index in [-0.39, 0.29) is 33.5 Å². The monoisotopic (exact) mass is 384 g/mol. The summed E-state index contributed by atoms with van der Waals surface area (Å²) in [5.74, 6) is -2.26. The predicted molar refractivity (Wildman–Crippen MR) is 93.4 cm³/mol. The van der Waals surface area contributed by atoms with E-state index in [0.29, 0.717) is 0 Å². The molecule has 0 aliphatic carbocycles. The molecule has 0 saturated carbocycles. The van der Waals surface area contributed by atoms with Gasteiger partial charge in [0.05, 0.1) is 23.4 Å². The number of carboxylic acid groups (broad SMARTS) is 1. The molecular weight excluding hydrogens is 372 g/mol. The van der Waals surface area contributed by atoms with Crippen LogP contribution in [0.15, 0.2) is 17.0 Å². The Morgan fingerprint density at radius 3 is 2.76 bits per heavy atom. The van der Waals surface area contributed by atoms with Gasteiger partial charge in [-0.2, -0.15) is 0 Å². The van der Waals surface area contributed by atoms with Crippen molar-refractivity contribution in [2.24, 2.45) is 0 Å². The van der Waals surface area contributed by atoms with Crippen molar-refractivity contribution in [2.75, 3.05) is 13.7 Å². The van der Waals surface area contributed by atoms with Gasteiger partial charge in [0.2, 0.25) is 5.75 Å². The third-order valence-corrected chi connectivity index (χ3v) is 4.59. The molecule has 2 rings (SSSR count). The van der Waals surface area contributed by atoms with Crippen molar-refractivity contribution in [2.45, 2.75) is 6.42 Å². The molecule has 1 heterocycles. The Kier molecular flexibility index (Phi) is 5.59. The lowest BCUT2D eigenvalue weighted by molar-refractivity contribution is -0.386. The second-order valence-corrected chi connectivity index (χ2v) is 6.50. The Labute approximate surface area is 151 Å². The summed E-state index contributed by atoms with van der Waals surface area (Å²) in [7, 11) is 1.24. The molecule has 0 radical (unpaired) electrons. The van der Waals surface area contributed by atoms with Gasteiger partial charge in [0.1, 0.15) is 4.32 Å². The highest BCUT2D eigenvalue weighted by atomic mass is 32.2. The summed E-state index contributed by atoms with van der Waals surface area (Å²) in [4.78, 5) is 34.5. The maximum atomic E-state index is 12.3. The molecule has 1 aromatic carbocycles. The molecule has 0 atom stereocenters. The Morgan fingerprint density at radius 2 is 2.20 bits per heavy atom. The maximum Gasteiger partial charge on any atom is 0.315 e. The smallest absolute Gasteiger partial charge is 0.315 e. The third kappa shape index (κ3) is 4.06. The highest BCUT2D eigenvalue weighted by Crippen LogP contribution is 2.39. The molecule has 0 bridgehead atoms. The number of hydrogen-bond donors (Lipinski definition) is 2. The van der Waals surface area contributed by atoms with Crippen LogP contribution in [0.1, 0.15) is 12.0 Å². The number of rotatable bonds is 6. The number of thiocarbonyl (C=S) groups is 1. The average molecular weight is 384 g/mol. The molecule has 11 heteroatoms. The highest BCUT2D eigenvalue weighted by Gasteiger charge is 2.32. The lowest BCUT2D eigenvalue weighted by Crippen LogP contribution is -2.30. The summed E-state index contributed by atoms with van der Waals surface area (Å²) in [6, 6.07) is 2.44. The van der Waals surface area contributed by atoms with Crippen molar-refractivity contribution in [3.8, 4) is 11.5 Å². The van der Waals surface area contributed by atoms with E-state index in [1.807, 2.05) is 0 Å².